The first-order valence-electron chi connectivity index (χ1n) is 13.6. The van der Waals surface area contributed by atoms with Crippen LogP contribution in [-0.2, 0) is 19.2 Å². The van der Waals surface area contributed by atoms with Crippen LogP contribution in [0.1, 0.15) is 136 Å². The number of amides is 2. The molecule has 0 rings (SSSR count). The molecule has 0 fully saturated rings. The van der Waals surface area contributed by atoms with E-state index >= 15 is 0 Å². The quantitative estimate of drug-likeness (QED) is 0.153. The molecule has 34 heavy (non-hydrogen) atoms. The Kier molecular flexibility index (Phi) is 21.6. The lowest BCUT2D eigenvalue weighted by Crippen LogP contribution is -2.41. The summed E-state index contributed by atoms with van der Waals surface area (Å²) in [5, 5.41) is 14.5. The third-order valence-electron chi connectivity index (χ3n) is 6.05. The van der Waals surface area contributed by atoms with E-state index in [0.29, 0.717) is 18.7 Å². The van der Waals surface area contributed by atoms with Crippen LogP contribution >= 0.6 is 0 Å². The minimum absolute atomic E-state index is 0.0967. The van der Waals surface area contributed by atoms with Gasteiger partial charge in [-0.3, -0.25) is 9.59 Å². The minimum atomic E-state index is -1.10. The van der Waals surface area contributed by atoms with E-state index < -0.39 is 12.0 Å². The summed E-state index contributed by atoms with van der Waals surface area (Å²) < 4.78 is 0. The number of Topliss-reactive ketones (excluding diaryl/α,β-unsaturated/α-hetero) is 1. The van der Waals surface area contributed by atoms with Gasteiger partial charge in [-0.25, -0.2) is 4.79 Å². The lowest BCUT2D eigenvalue weighted by molar-refractivity contribution is -0.142. The Morgan fingerprint density at radius 3 is 1.50 bits per heavy atom. The summed E-state index contributed by atoms with van der Waals surface area (Å²) in [4.78, 5) is 45.9. The van der Waals surface area contributed by atoms with Crippen molar-refractivity contribution in [2.75, 3.05) is 6.54 Å². The van der Waals surface area contributed by atoms with Gasteiger partial charge in [0.05, 0.1) is 0 Å². The Morgan fingerprint density at radius 2 is 1.09 bits per heavy atom. The summed E-state index contributed by atoms with van der Waals surface area (Å²) in [6.45, 7) is 4.19. The highest BCUT2D eigenvalue weighted by molar-refractivity contribution is 5.84. The number of hydrogen-bond acceptors (Lipinski definition) is 4. The maximum Gasteiger partial charge on any atom is 0.326 e. The van der Waals surface area contributed by atoms with Crippen molar-refractivity contribution in [2.24, 2.45) is 0 Å². The smallest absolute Gasteiger partial charge is 0.326 e. The Morgan fingerprint density at radius 1 is 0.647 bits per heavy atom. The fourth-order valence-corrected chi connectivity index (χ4v) is 3.93. The number of hydrogen-bond donors (Lipinski definition) is 3. The van der Waals surface area contributed by atoms with Gasteiger partial charge in [-0.2, -0.15) is 0 Å². The van der Waals surface area contributed by atoms with Crippen LogP contribution in [0, 0.1) is 0 Å². The number of carbonyl (C=O) groups excluding carboxylic acids is 3. The summed E-state index contributed by atoms with van der Waals surface area (Å²) in [5.41, 5.74) is 0. The minimum Gasteiger partial charge on any atom is -0.480 e. The van der Waals surface area contributed by atoms with E-state index in [0.717, 1.165) is 38.5 Å². The van der Waals surface area contributed by atoms with Crippen LogP contribution in [-0.4, -0.2) is 41.3 Å². The van der Waals surface area contributed by atoms with Gasteiger partial charge in [0.25, 0.3) is 0 Å². The van der Waals surface area contributed by atoms with E-state index in [2.05, 4.69) is 10.6 Å². The molecule has 198 valence electrons. The number of nitrogens with one attached hydrogen (secondary N) is 2. The van der Waals surface area contributed by atoms with Crippen molar-refractivity contribution in [3.8, 4) is 0 Å². The fraction of sp³-hybridized carbons (Fsp3) is 0.852. The summed E-state index contributed by atoms with van der Waals surface area (Å²) >= 11 is 0. The van der Waals surface area contributed by atoms with Crippen molar-refractivity contribution in [1.82, 2.24) is 10.6 Å². The summed E-state index contributed by atoms with van der Waals surface area (Å²) in [7, 11) is 0. The van der Waals surface area contributed by atoms with E-state index in [1.54, 1.807) is 6.92 Å². The van der Waals surface area contributed by atoms with Crippen molar-refractivity contribution in [2.45, 2.75) is 142 Å². The van der Waals surface area contributed by atoms with Gasteiger partial charge in [0, 0.05) is 25.8 Å². The number of rotatable bonds is 24. The predicted molar refractivity (Wildman–Crippen MR) is 137 cm³/mol. The number of carboxylic acids is 1. The highest BCUT2D eigenvalue weighted by Crippen LogP contribution is 2.14. The molecule has 0 bridgehead atoms. The van der Waals surface area contributed by atoms with Gasteiger partial charge >= 0.3 is 5.97 Å². The van der Waals surface area contributed by atoms with Gasteiger partial charge < -0.3 is 20.5 Å². The standard InChI is InChI=1S/C27H50N2O5/c1-3-22-28-25(31)21-20-24(27(33)34)29-26(32)19-17-15-13-11-9-7-5-4-6-8-10-12-14-16-18-23(2)30/h24H,3-22H2,1-2H3,(H,28,31)(H,29,32)(H,33,34)/t24-/m0/s1. The monoisotopic (exact) mass is 482 g/mol. The van der Waals surface area contributed by atoms with E-state index in [1.807, 2.05) is 6.92 Å². The normalized spacial score (nSPS) is 11.7. The van der Waals surface area contributed by atoms with Crippen LogP contribution in [0.15, 0.2) is 0 Å². The van der Waals surface area contributed by atoms with Crippen molar-refractivity contribution in [3.63, 3.8) is 0 Å². The largest absolute Gasteiger partial charge is 0.480 e. The molecule has 0 aliphatic rings. The average molecular weight is 483 g/mol. The van der Waals surface area contributed by atoms with E-state index in [4.69, 9.17) is 0 Å². The van der Waals surface area contributed by atoms with E-state index in [-0.39, 0.29) is 24.7 Å². The van der Waals surface area contributed by atoms with Crippen molar-refractivity contribution in [1.29, 1.82) is 0 Å². The summed E-state index contributed by atoms with van der Waals surface area (Å²) in [6, 6.07) is -1.01. The molecule has 0 spiro atoms. The molecule has 1 atom stereocenters. The maximum atomic E-state index is 12.0. The maximum absolute atomic E-state index is 12.0. The highest BCUT2D eigenvalue weighted by atomic mass is 16.4. The molecule has 0 saturated carbocycles. The average Bonchev–Trinajstić information content (AvgIpc) is 2.79. The van der Waals surface area contributed by atoms with Crippen LogP contribution in [0.3, 0.4) is 0 Å². The molecule has 3 N–H and O–H groups in total. The molecule has 2 amide bonds. The molecule has 7 nitrogen and oxygen atoms in total. The van der Waals surface area contributed by atoms with Crippen LogP contribution in [0.4, 0.5) is 0 Å². The number of unbranched alkanes of at least 4 members (excludes halogenated alkanes) is 13. The van der Waals surface area contributed by atoms with Crippen LogP contribution in [0.25, 0.3) is 0 Å². The SMILES string of the molecule is CCCNC(=O)CC[C@H](NC(=O)CCCCCCCCCCCCCCCCC(C)=O)C(=O)O. The second-order valence-corrected chi connectivity index (χ2v) is 9.50. The molecule has 7 heteroatoms. The Bertz CT molecular complexity index is 565. The molecule has 0 aromatic heterocycles. The molecule has 0 saturated heterocycles. The second-order valence-electron chi connectivity index (χ2n) is 9.50. The van der Waals surface area contributed by atoms with Gasteiger partial charge in [-0.1, -0.05) is 84.0 Å². The van der Waals surface area contributed by atoms with Crippen molar-refractivity contribution in [3.05, 3.63) is 0 Å². The van der Waals surface area contributed by atoms with Crippen LogP contribution in [0.5, 0.6) is 0 Å². The molecule has 0 radical (unpaired) electrons. The third-order valence-corrected chi connectivity index (χ3v) is 6.05. The fourth-order valence-electron chi connectivity index (χ4n) is 3.93. The van der Waals surface area contributed by atoms with Crippen LogP contribution in [0.2, 0.25) is 0 Å². The molecule has 0 aliphatic carbocycles. The first kappa shape index (κ1) is 32.1. The van der Waals surface area contributed by atoms with Crippen LogP contribution < -0.4 is 10.6 Å². The topological polar surface area (TPSA) is 113 Å². The third kappa shape index (κ3) is 21.9. The second kappa shape index (κ2) is 22.9. The predicted octanol–water partition coefficient (Wildman–Crippen LogP) is 5.69. The van der Waals surface area contributed by atoms with Crippen molar-refractivity contribution < 1.29 is 24.3 Å². The molecule has 0 heterocycles. The molecule has 0 unspecified atom stereocenters. The summed E-state index contributed by atoms with van der Waals surface area (Å²) in [6.07, 6.45) is 18.6. The molecular weight excluding hydrogens is 432 g/mol. The Labute approximate surface area is 207 Å². The molecular formula is C27H50N2O5. The van der Waals surface area contributed by atoms with Gasteiger partial charge in [0.2, 0.25) is 11.8 Å². The Balaban J connectivity index is 3.55. The molecule has 0 aromatic carbocycles. The zero-order valence-corrected chi connectivity index (χ0v) is 21.8. The number of aliphatic carboxylic acids is 1. The van der Waals surface area contributed by atoms with Gasteiger partial charge in [0.15, 0.2) is 0 Å². The molecule has 0 aromatic rings. The van der Waals surface area contributed by atoms with Gasteiger partial charge in [-0.15, -0.1) is 0 Å². The zero-order valence-electron chi connectivity index (χ0n) is 21.8. The highest BCUT2D eigenvalue weighted by Gasteiger charge is 2.20. The van der Waals surface area contributed by atoms with Crippen molar-refractivity contribution >= 4 is 23.6 Å². The van der Waals surface area contributed by atoms with E-state index in [9.17, 15) is 24.3 Å². The Hall–Kier alpha value is -1.92. The first-order chi connectivity index (χ1) is 16.4. The molecule has 0 aliphatic heterocycles. The lowest BCUT2D eigenvalue weighted by atomic mass is 10.0. The van der Waals surface area contributed by atoms with Gasteiger partial charge in [-0.05, 0) is 32.6 Å². The zero-order chi connectivity index (χ0) is 25.4. The van der Waals surface area contributed by atoms with E-state index in [1.165, 1.54) is 64.2 Å². The number of carbonyl (C=O) groups is 4. The lowest BCUT2D eigenvalue weighted by Gasteiger charge is -2.14. The number of carboxylic acid groups (broad SMARTS) is 1. The number of ketones is 1. The van der Waals surface area contributed by atoms with Gasteiger partial charge in [0.1, 0.15) is 11.8 Å². The summed E-state index contributed by atoms with van der Waals surface area (Å²) in [5.74, 6) is -1.22. The first-order valence-corrected chi connectivity index (χ1v) is 13.6.